The predicted molar refractivity (Wildman–Crippen MR) is 51.1 cm³/mol. The summed E-state index contributed by atoms with van der Waals surface area (Å²) in [4.78, 5) is 3.13. The van der Waals surface area contributed by atoms with E-state index in [2.05, 4.69) is 14.7 Å². The van der Waals surface area contributed by atoms with Gasteiger partial charge in [0.2, 0.25) is 11.8 Å². The molecule has 0 aliphatic heterocycles. The van der Waals surface area contributed by atoms with Crippen molar-refractivity contribution in [1.29, 1.82) is 0 Å². The molecule has 0 spiro atoms. The number of hydrogen-bond acceptors (Lipinski definition) is 4. The van der Waals surface area contributed by atoms with Crippen molar-refractivity contribution < 1.29 is 30.9 Å². The SMILES string of the molecule is CCC(N)Cc1noc(C(C(F)(F)F)C(F)(F)F)n1. The van der Waals surface area contributed by atoms with Gasteiger partial charge in [0.1, 0.15) is 0 Å². The Labute approximate surface area is 104 Å². The molecule has 110 valence electrons. The average molecular weight is 291 g/mol. The van der Waals surface area contributed by atoms with Crippen LogP contribution in [-0.4, -0.2) is 28.5 Å². The highest BCUT2D eigenvalue weighted by atomic mass is 19.4. The summed E-state index contributed by atoms with van der Waals surface area (Å²) in [7, 11) is 0. The number of halogens is 6. The summed E-state index contributed by atoms with van der Waals surface area (Å²) in [5.74, 6) is -5.57. The molecule has 19 heavy (non-hydrogen) atoms. The third kappa shape index (κ3) is 4.08. The molecule has 0 aromatic carbocycles. The van der Waals surface area contributed by atoms with Gasteiger partial charge in [0.05, 0.1) is 0 Å². The van der Waals surface area contributed by atoms with Crippen LogP contribution in [0.2, 0.25) is 0 Å². The Morgan fingerprint density at radius 2 is 1.68 bits per heavy atom. The Hall–Kier alpha value is -1.32. The maximum absolute atomic E-state index is 12.4. The van der Waals surface area contributed by atoms with Crippen molar-refractivity contribution in [2.45, 2.75) is 44.1 Å². The molecule has 1 aromatic heterocycles. The predicted octanol–water partition coefficient (Wildman–Crippen LogP) is 2.56. The van der Waals surface area contributed by atoms with E-state index in [9.17, 15) is 26.3 Å². The van der Waals surface area contributed by atoms with Crippen molar-refractivity contribution in [1.82, 2.24) is 10.1 Å². The second-order valence-electron chi connectivity index (χ2n) is 3.94. The summed E-state index contributed by atoms with van der Waals surface area (Å²) in [6.07, 6.45) is -10.7. The molecule has 4 nitrogen and oxygen atoms in total. The van der Waals surface area contributed by atoms with Crippen LogP contribution >= 0.6 is 0 Å². The smallest absolute Gasteiger partial charge is 0.338 e. The molecule has 1 atom stereocenters. The van der Waals surface area contributed by atoms with Crippen molar-refractivity contribution in [2.24, 2.45) is 5.73 Å². The Kier molecular flexibility index (Phi) is 4.43. The molecule has 0 amide bonds. The normalized spacial score (nSPS) is 15.0. The van der Waals surface area contributed by atoms with Gasteiger partial charge < -0.3 is 10.3 Å². The summed E-state index contributed by atoms with van der Waals surface area (Å²) < 4.78 is 78.3. The highest BCUT2D eigenvalue weighted by molar-refractivity contribution is 5.02. The van der Waals surface area contributed by atoms with E-state index in [0.717, 1.165) is 0 Å². The van der Waals surface area contributed by atoms with Gasteiger partial charge in [0.25, 0.3) is 0 Å². The van der Waals surface area contributed by atoms with E-state index in [0.29, 0.717) is 6.42 Å². The van der Waals surface area contributed by atoms with Crippen LogP contribution in [-0.2, 0) is 6.42 Å². The fraction of sp³-hybridized carbons (Fsp3) is 0.778. The van der Waals surface area contributed by atoms with Crippen LogP contribution in [0.5, 0.6) is 0 Å². The third-order valence-corrected chi connectivity index (χ3v) is 2.35. The van der Waals surface area contributed by atoms with Gasteiger partial charge in [-0.1, -0.05) is 12.1 Å². The molecule has 0 saturated heterocycles. The standard InChI is InChI=1S/C9H11F6N3O/c1-2-4(16)3-5-17-7(19-18-5)6(8(10,11)12)9(13,14)15/h4,6H,2-3,16H2,1H3. The van der Waals surface area contributed by atoms with E-state index >= 15 is 0 Å². The summed E-state index contributed by atoms with van der Waals surface area (Å²) in [6, 6.07) is -0.458. The average Bonchev–Trinajstić information content (AvgIpc) is 2.61. The highest BCUT2D eigenvalue weighted by Gasteiger charge is 2.60. The van der Waals surface area contributed by atoms with Gasteiger partial charge in [-0.05, 0) is 6.42 Å². The lowest BCUT2D eigenvalue weighted by atomic mass is 10.1. The monoisotopic (exact) mass is 291 g/mol. The minimum absolute atomic E-state index is 0.0531. The number of rotatable bonds is 4. The van der Waals surface area contributed by atoms with Gasteiger partial charge in [-0.15, -0.1) is 0 Å². The number of hydrogen-bond donors (Lipinski definition) is 1. The summed E-state index contributed by atoms with van der Waals surface area (Å²) in [6.45, 7) is 1.71. The maximum Gasteiger partial charge on any atom is 0.409 e. The molecule has 1 rings (SSSR count). The molecule has 1 aromatic rings. The Balaban J connectivity index is 3.00. The first-order chi connectivity index (χ1) is 8.55. The largest absolute Gasteiger partial charge is 0.409 e. The van der Waals surface area contributed by atoms with Crippen molar-refractivity contribution >= 4 is 0 Å². The number of alkyl halides is 6. The Bertz CT molecular complexity index is 399. The minimum atomic E-state index is -5.55. The second-order valence-corrected chi connectivity index (χ2v) is 3.94. The van der Waals surface area contributed by atoms with Crippen LogP contribution in [0.15, 0.2) is 4.52 Å². The van der Waals surface area contributed by atoms with E-state index in [1.165, 1.54) is 0 Å². The third-order valence-electron chi connectivity index (χ3n) is 2.35. The van der Waals surface area contributed by atoms with E-state index in [1.807, 2.05) is 0 Å². The van der Waals surface area contributed by atoms with Crippen LogP contribution in [0, 0.1) is 0 Å². The topological polar surface area (TPSA) is 64.9 Å². The first-order valence-corrected chi connectivity index (χ1v) is 5.27. The number of nitrogens with zero attached hydrogens (tertiary/aromatic N) is 2. The van der Waals surface area contributed by atoms with Gasteiger partial charge in [0.15, 0.2) is 5.82 Å². The van der Waals surface area contributed by atoms with Crippen molar-refractivity contribution in [3.63, 3.8) is 0 Å². The molecule has 0 fully saturated rings. The number of aromatic nitrogens is 2. The molecule has 10 heteroatoms. The molecule has 0 aliphatic carbocycles. The lowest BCUT2D eigenvalue weighted by Crippen LogP contribution is -2.34. The molecule has 0 saturated carbocycles. The molecule has 0 radical (unpaired) electrons. The zero-order valence-electron chi connectivity index (χ0n) is 9.72. The van der Waals surface area contributed by atoms with Crippen LogP contribution in [0.4, 0.5) is 26.3 Å². The van der Waals surface area contributed by atoms with E-state index in [1.54, 1.807) is 6.92 Å². The van der Waals surface area contributed by atoms with Gasteiger partial charge in [-0.25, -0.2) is 0 Å². The fourth-order valence-corrected chi connectivity index (χ4v) is 1.31. The van der Waals surface area contributed by atoms with E-state index < -0.39 is 30.2 Å². The zero-order chi connectivity index (χ0) is 14.8. The van der Waals surface area contributed by atoms with Crippen LogP contribution in [0.1, 0.15) is 31.0 Å². The fourth-order valence-electron chi connectivity index (χ4n) is 1.31. The summed E-state index contributed by atoms with van der Waals surface area (Å²) in [5, 5.41) is 3.09. The molecule has 0 aliphatic rings. The van der Waals surface area contributed by atoms with E-state index in [4.69, 9.17) is 5.73 Å². The van der Waals surface area contributed by atoms with Gasteiger partial charge in [-0.3, -0.25) is 0 Å². The first-order valence-electron chi connectivity index (χ1n) is 5.27. The molecule has 1 unspecified atom stereocenters. The zero-order valence-corrected chi connectivity index (χ0v) is 9.72. The summed E-state index contributed by atoms with van der Waals surface area (Å²) in [5.41, 5.74) is 5.50. The summed E-state index contributed by atoms with van der Waals surface area (Å²) >= 11 is 0. The first kappa shape index (κ1) is 15.7. The van der Waals surface area contributed by atoms with Gasteiger partial charge in [-0.2, -0.15) is 31.3 Å². The van der Waals surface area contributed by atoms with Crippen LogP contribution in [0.25, 0.3) is 0 Å². The lowest BCUT2D eigenvalue weighted by Gasteiger charge is -2.19. The van der Waals surface area contributed by atoms with Crippen molar-refractivity contribution in [3.8, 4) is 0 Å². The number of nitrogens with two attached hydrogens (primary N) is 1. The molecule has 1 heterocycles. The van der Waals surface area contributed by atoms with Crippen LogP contribution < -0.4 is 5.73 Å². The lowest BCUT2D eigenvalue weighted by molar-refractivity contribution is -0.259. The second kappa shape index (κ2) is 5.35. The molecular formula is C9H11F6N3O. The molecular weight excluding hydrogens is 280 g/mol. The van der Waals surface area contributed by atoms with Gasteiger partial charge >= 0.3 is 12.4 Å². The Morgan fingerprint density at radius 1 is 1.16 bits per heavy atom. The van der Waals surface area contributed by atoms with Gasteiger partial charge in [0, 0.05) is 12.5 Å². The van der Waals surface area contributed by atoms with Crippen LogP contribution in [0.3, 0.4) is 0 Å². The van der Waals surface area contributed by atoms with E-state index in [-0.39, 0.29) is 12.2 Å². The quantitative estimate of drug-likeness (QED) is 0.866. The maximum atomic E-state index is 12.4. The Morgan fingerprint density at radius 3 is 2.11 bits per heavy atom. The minimum Gasteiger partial charge on any atom is -0.338 e. The van der Waals surface area contributed by atoms with Crippen molar-refractivity contribution in [2.75, 3.05) is 0 Å². The molecule has 2 N–H and O–H groups in total. The van der Waals surface area contributed by atoms with Crippen molar-refractivity contribution in [3.05, 3.63) is 11.7 Å². The molecule has 0 bridgehead atoms. The highest BCUT2D eigenvalue weighted by Crippen LogP contribution is 2.45.